The van der Waals surface area contributed by atoms with Crippen LogP contribution in [0, 0.1) is 0 Å². The molecule has 0 aliphatic heterocycles. The molecule has 0 aliphatic carbocycles. The summed E-state index contributed by atoms with van der Waals surface area (Å²) >= 11 is 0. The van der Waals surface area contributed by atoms with Gasteiger partial charge in [0.1, 0.15) is 11.6 Å². The Morgan fingerprint density at radius 3 is 1.79 bits per heavy atom. The van der Waals surface area contributed by atoms with E-state index >= 15 is 0 Å². The number of carbonyl (C=O) groups excluding carboxylic acids is 1. The summed E-state index contributed by atoms with van der Waals surface area (Å²) in [4.78, 5) is 17.2. The first-order valence-electron chi connectivity index (χ1n) is 8.32. The lowest BCUT2D eigenvalue weighted by Crippen LogP contribution is -2.31. The van der Waals surface area contributed by atoms with Crippen LogP contribution >= 0.6 is 0 Å². The summed E-state index contributed by atoms with van der Waals surface area (Å²) in [5.74, 6) is -0.283. The first kappa shape index (κ1) is 17.9. The summed E-state index contributed by atoms with van der Waals surface area (Å²) in [5, 5.41) is 0. The van der Waals surface area contributed by atoms with Crippen molar-refractivity contribution in [2.24, 2.45) is 4.99 Å². The van der Waals surface area contributed by atoms with Crippen molar-refractivity contribution < 1.29 is 9.53 Å². The molecule has 0 saturated carbocycles. The highest BCUT2D eigenvalue weighted by atomic mass is 16.6. The summed E-state index contributed by atoms with van der Waals surface area (Å²) < 4.78 is 5.52. The van der Waals surface area contributed by atoms with Gasteiger partial charge in [-0.3, -0.25) is 4.99 Å². The van der Waals surface area contributed by atoms with Gasteiger partial charge in [-0.25, -0.2) is 4.79 Å². The van der Waals surface area contributed by atoms with Gasteiger partial charge in [0.25, 0.3) is 0 Å². The first-order chi connectivity index (χ1) is 11.4. The van der Waals surface area contributed by atoms with Crippen LogP contribution in [0.4, 0.5) is 0 Å². The Hall–Kier alpha value is -2.42. The number of hydrogen-bond donors (Lipinski definition) is 0. The third kappa shape index (κ3) is 5.05. The molecular weight excluding hydrogens is 298 g/mol. The van der Waals surface area contributed by atoms with Gasteiger partial charge in [-0.2, -0.15) is 0 Å². The van der Waals surface area contributed by atoms with Crippen LogP contribution in [0.5, 0.6) is 0 Å². The summed E-state index contributed by atoms with van der Waals surface area (Å²) in [6.07, 6.45) is 0.595. The summed E-state index contributed by atoms with van der Waals surface area (Å²) in [6.45, 7) is 7.57. The second-order valence-electron chi connectivity index (χ2n) is 6.67. The molecule has 0 radical (unpaired) electrons. The van der Waals surface area contributed by atoms with E-state index < -0.39 is 11.6 Å². The zero-order valence-electron chi connectivity index (χ0n) is 14.8. The molecule has 126 valence electrons. The second-order valence-corrected chi connectivity index (χ2v) is 6.67. The van der Waals surface area contributed by atoms with Crippen LogP contribution in [0.1, 0.15) is 45.2 Å². The van der Waals surface area contributed by atoms with Crippen LogP contribution in [-0.4, -0.2) is 23.3 Å². The Balaban J connectivity index is 2.42. The summed E-state index contributed by atoms with van der Waals surface area (Å²) in [5.41, 5.74) is 2.28. The van der Waals surface area contributed by atoms with E-state index in [-0.39, 0.29) is 5.97 Å². The van der Waals surface area contributed by atoms with Crippen LogP contribution < -0.4 is 0 Å². The molecule has 3 heteroatoms. The highest BCUT2D eigenvalue weighted by Gasteiger charge is 2.24. The van der Waals surface area contributed by atoms with E-state index in [1.54, 1.807) is 0 Å². The Morgan fingerprint density at radius 1 is 0.958 bits per heavy atom. The number of carbonyl (C=O) groups is 1. The average Bonchev–Trinajstić information content (AvgIpc) is 2.56. The molecule has 1 atom stereocenters. The fraction of sp³-hybridized carbons (Fsp3) is 0.333. The molecular formula is C21H25NO2. The van der Waals surface area contributed by atoms with E-state index in [4.69, 9.17) is 9.73 Å². The number of ether oxygens (including phenoxy) is 1. The van der Waals surface area contributed by atoms with Crippen molar-refractivity contribution in [3.8, 4) is 0 Å². The van der Waals surface area contributed by atoms with Crippen molar-refractivity contribution in [3.63, 3.8) is 0 Å². The van der Waals surface area contributed by atoms with Crippen molar-refractivity contribution >= 4 is 11.7 Å². The van der Waals surface area contributed by atoms with E-state index in [1.165, 1.54) is 0 Å². The van der Waals surface area contributed by atoms with Crippen molar-refractivity contribution in [3.05, 3.63) is 71.8 Å². The molecule has 0 amide bonds. The summed E-state index contributed by atoms with van der Waals surface area (Å²) in [6, 6.07) is 19.4. The van der Waals surface area contributed by atoms with Gasteiger partial charge in [-0.05, 0) is 27.2 Å². The minimum atomic E-state index is -0.514. The van der Waals surface area contributed by atoms with Gasteiger partial charge in [0.2, 0.25) is 0 Å². The van der Waals surface area contributed by atoms with E-state index in [1.807, 2.05) is 88.4 Å². The molecule has 1 unspecified atom stereocenters. The monoisotopic (exact) mass is 323 g/mol. The predicted molar refractivity (Wildman–Crippen MR) is 98.4 cm³/mol. The van der Waals surface area contributed by atoms with Gasteiger partial charge in [-0.15, -0.1) is 0 Å². The lowest BCUT2D eigenvalue weighted by molar-refractivity contribution is -0.156. The van der Waals surface area contributed by atoms with Crippen molar-refractivity contribution in [2.45, 2.75) is 45.8 Å². The van der Waals surface area contributed by atoms with Gasteiger partial charge in [0.15, 0.2) is 0 Å². The zero-order chi connectivity index (χ0) is 17.6. The topological polar surface area (TPSA) is 38.7 Å². The molecule has 2 rings (SSSR count). The molecule has 0 fully saturated rings. The largest absolute Gasteiger partial charge is 0.458 e. The van der Waals surface area contributed by atoms with Gasteiger partial charge in [0.05, 0.1) is 5.71 Å². The molecule has 0 aliphatic rings. The van der Waals surface area contributed by atoms with Crippen molar-refractivity contribution in [1.29, 1.82) is 0 Å². The third-order valence-corrected chi connectivity index (χ3v) is 3.44. The minimum Gasteiger partial charge on any atom is -0.458 e. The Morgan fingerprint density at radius 2 is 1.42 bits per heavy atom. The number of hydrogen-bond acceptors (Lipinski definition) is 3. The molecule has 0 spiro atoms. The highest BCUT2D eigenvalue weighted by molar-refractivity contribution is 6.13. The van der Waals surface area contributed by atoms with Crippen LogP contribution in [0.25, 0.3) is 0 Å². The van der Waals surface area contributed by atoms with Crippen LogP contribution in [0.2, 0.25) is 0 Å². The van der Waals surface area contributed by atoms with Crippen LogP contribution in [-0.2, 0) is 9.53 Å². The van der Waals surface area contributed by atoms with Gasteiger partial charge >= 0.3 is 5.97 Å². The van der Waals surface area contributed by atoms with E-state index in [2.05, 4.69) is 0 Å². The highest BCUT2D eigenvalue weighted by Crippen LogP contribution is 2.16. The zero-order valence-corrected chi connectivity index (χ0v) is 14.8. The van der Waals surface area contributed by atoms with Crippen molar-refractivity contribution in [2.75, 3.05) is 0 Å². The number of nitrogens with zero attached hydrogens (tertiary/aromatic N) is 1. The van der Waals surface area contributed by atoms with E-state index in [9.17, 15) is 4.79 Å². The van der Waals surface area contributed by atoms with Crippen LogP contribution in [0.15, 0.2) is 65.7 Å². The van der Waals surface area contributed by atoms with Gasteiger partial charge < -0.3 is 4.74 Å². The molecule has 3 nitrogen and oxygen atoms in total. The Kier molecular flexibility index (Phi) is 5.91. The van der Waals surface area contributed by atoms with Gasteiger partial charge in [0, 0.05) is 11.1 Å². The number of esters is 1. The number of aliphatic imine (C=N–C) groups is 1. The molecule has 2 aromatic rings. The van der Waals surface area contributed by atoms with E-state index in [0.717, 1.165) is 16.8 Å². The molecule has 0 heterocycles. The summed E-state index contributed by atoms with van der Waals surface area (Å²) in [7, 11) is 0. The lowest BCUT2D eigenvalue weighted by atomic mass is 10.0. The standard InChI is InChI=1S/C21H25NO2/c1-5-18(20(23)24-21(2,3)4)22-19(16-12-8-6-9-13-16)17-14-10-7-11-15-17/h6-15,18H,5H2,1-4H3. The maximum atomic E-state index is 12.5. The van der Waals surface area contributed by atoms with Crippen LogP contribution in [0.3, 0.4) is 0 Å². The fourth-order valence-electron chi connectivity index (χ4n) is 2.34. The number of rotatable bonds is 5. The molecule has 0 bridgehead atoms. The fourth-order valence-corrected chi connectivity index (χ4v) is 2.34. The molecule has 24 heavy (non-hydrogen) atoms. The number of benzene rings is 2. The first-order valence-corrected chi connectivity index (χ1v) is 8.32. The van der Waals surface area contributed by atoms with Gasteiger partial charge in [-0.1, -0.05) is 67.6 Å². The lowest BCUT2D eigenvalue weighted by Gasteiger charge is -2.22. The maximum Gasteiger partial charge on any atom is 0.331 e. The molecule has 2 aromatic carbocycles. The smallest absolute Gasteiger partial charge is 0.331 e. The second kappa shape index (κ2) is 7.91. The molecule has 0 aromatic heterocycles. The van der Waals surface area contributed by atoms with E-state index in [0.29, 0.717) is 6.42 Å². The Bertz CT molecular complexity index is 643. The molecule has 0 saturated heterocycles. The Labute approximate surface area is 144 Å². The van der Waals surface area contributed by atoms with Crippen molar-refractivity contribution in [1.82, 2.24) is 0 Å². The molecule has 0 N–H and O–H groups in total. The third-order valence-electron chi connectivity index (χ3n) is 3.44. The predicted octanol–water partition coefficient (Wildman–Crippen LogP) is 4.64. The normalized spacial score (nSPS) is 12.3. The SMILES string of the molecule is CCC(N=C(c1ccccc1)c1ccccc1)C(=O)OC(C)(C)C. The average molecular weight is 323 g/mol. The maximum absolute atomic E-state index is 12.5. The quantitative estimate of drug-likeness (QED) is 0.594. The minimum absolute atomic E-state index is 0.283.